The Morgan fingerprint density at radius 3 is 2.78 bits per heavy atom. The van der Waals surface area contributed by atoms with Crippen LogP contribution in [0.15, 0.2) is 41.3 Å². The van der Waals surface area contributed by atoms with Gasteiger partial charge in [0.1, 0.15) is 5.76 Å². The van der Waals surface area contributed by atoms with Crippen LogP contribution in [-0.4, -0.2) is 16.9 Å². The number of hydrogen-bond donors (Lipinski definition) is 2. The molecule has 23 heavy (non-hydrogen) atoms. The van der Waals surface area contributed by atoms with Gasteiger partial charge in [-0.2, -0.15) is 0 Å². The third-order valence-electron chi connectivity index (χ3n) is 4.24. The Labute approximate surface area is 136 Å². The molecule has 0 unspecified atom stereocenters. The summed E-state index contributed by atoms with van der Waals surface area (Å²) in [6, 6.07) is 5.89. The molecule has 2 heterocycles. The number of rotatable bonds is 5. The van der Waals surface area contributed by atoms with Gasteiger partial charge in [-0.3, -0.25) is 9.78 Å². The summed E-state index contributed by atoms with van der Waals surface area (Å²) < 4.78 is 5.28. The molecule has 0 aromatic carbocycles. The van der Waals surface area contributed by atoms with E-state index in [2.05, 4.69) is 15.6 Å². The Hall–Kier alpha value is -2.30. The number of nitrogens with zero attached hydrogens (tertiary/aromatic N) is 1. The molecule has 0 aliphatic heterocycles. The van der Waals surface area contributed by atoms with Gasteiger partial charge in [0, 0.05) is 18.4 Å². The lowest BCUT2D eigenvalue weighted by atomic mass is 10.1. The molecule has 5 heteroatoms. The van der Waals surface area contributed by atoms with Crippen molar-refractivity contribution in [2.24, 2.45) is 0 Å². The van der Waals surface area contributed by atoms with E-state index in [0.717, 1.165) is 24.3 Å². The minimum absolute atomic E-state index is 0.0361. The van der Waals surface area contributed by atoms with Crippen LogP contribution < -0.4 is 10.6 Å². The second kappa shape index (κ2) is 7.81. The lowest BCUT2D eigenvalue weighted by Crippen LogP contribution is -2.34. The molecule has 1 saturated carbocycles. The van der Waals surface area contributed by atoms with Gasteiger partial charge < -0.3 is 15.1 Å². The minimum Gasteiger partial charge on any atom is -0.467 e. The highest BCUT2D eigenvalue weighted by Crippen LogP contribution is 2.18. The molecule has 1 amide bonds. The van der Waals surface area contributed by atoms with Crippen LogP contribution in [-0.2, 0) is 6.54 Å². The van der Waals surface area contributed by atoms with Gasteiger partial charge in [0.05, 0.1) is 24.1 Å². The van der Waals surface area contributed by atoms with Crippen molar-refractivity contribution in [2.75, 3.05) is 5.32 Å². The molecule has 2 N–H and O–H groups in total. The summed E-state index contributed by atoms with van der Waals surface area (Å²) >= 11 is 0. The summed E-state index contributed by atoms with van der Waals surface area (Å²) in [6.07, 6.45) is 12.1. The van der Waals surface area contributed by atoms with Crippen LogP contribution in [0.25, 0.3) is 0 Å². The predicted octanol–water partition coefficient (Wildman–Crippen LogP) is 3.74. The van der Waals surface area contributed by atoms with Crippen LogP contribution in [0.5, 0.6) is 0 Å². The van der Waals surface area contributed by atoms with Gasteiger partial charge in [-0.15, -0.1) is 0 Å². The molecule has 122 valence electrons. The second-order valence-corrected chi connectivity index (χ2v) is 6.06. The molecule has 3 rings (SSSR count). The lowest BCUT2D eigenvalue weighted by Gasteiger charge is -2.16. The highest BCUT2D eigenvalue weighted by molar-refractivity contribution is 5.94. The van der Waals surface area contributed by atoms with Crippen molar-refractivity contribution in [3.8, 4) is 0 Å². The van der Waals surface area contributed by atoms with Gasteiger partial charge in [-0.05, 0) is 31.0 Å². The standard InChI is InChI=1S/C18H23N3O2/c22-18(21-15-6-3-1-2-4-7-15)14-10-16(12-19-11-14)20-13-17-8-5-9-23-17/h5,8-12,15,20H,1-4,6-7,13H2,(H,21,22). The van der Waals surface area contributed by atoms with Crippen LogP contribution in [0.4, 0.5) is 5.69 Å². The van der Waals surface area contributed by atoms with E-state index in [1.807, 2.05) is 18.2 Å². The van der Waals surface area contributed by atoms with Gasteiger partial charge in [0.25, 0.3) is 5.91 Å². The van der Waals surface area contributed by atoms with Gasteiger partial charge in [-0.25, -0.2) is 0 Å². The van der Waals surface area contributed by atoms with Gasteiger partial charge in [-0.1, -0.05) is 25.7 Å². The number of carbonyl (C=O) groups excluding carboxylic acids is 1. The zero-order valence-electron chi connectivity index (χ0n) is 13.3. The number of aromatic nitrogens is 1. The molecule has 0 spiro atoms. The molecule has 0 atom stereocenters. The number of nitrogens with one attached hydrogen (secondary N) is 2. The van der Waals surface area contributed by atoms with E-state index >= 15 is 0 Å². The van der Waals surface area contributed by atoms with E-state index in [9.17, 15) is 4.79 Å². The maximum atomic E-state index is 12.4. The number of pyridine rings is 1. The summed E-state index contributed by atoms with van der Waals surface area (Å²) in [7, 11) is 0. The zero-order chi connectivity index (χ0) is 15.9. The molecule has 5 nitrogen and oxygen atoms in total. The van der Waals surface area contributed by atoms with Crippen LogP contribution in [0.2, 0.25) is 0 Å². The Bertz CT molecular complexity index is 617. The quantitative estimate of drug-likeness (QED) is 0.825. The number of amides is 1. The maximum Gasteiger partial charge on any atom is 0.253 e. The number of furan rings is 1. The number of hydrogen-bond acceptors (Lipinski definition) is 4. The monoisotopic (exact) mass is 313 g/mol. The Balaban J connectivity index is 1.58. The Kier molecular flexibility index (Phi) is 5.29. The first-order valence-electron chi connectivity index (χ1n) is 8.33. The van der Waals surface area contributed by atoms with Crippen molar-refractivity contribution in [3.63, 3.8) is 0 Å². The molecule has 2 aromatic heterocycles. The molecule has 0 radical (unpaired) electrons. The van der Waals surface area contributed by atoms with Crippen molar-refractivity contribution < 1.29 is 9.21 Å². The van der Waals surface area contributed by atoms with E-state index in [-0.39, 0.29) is 5.91 Å². The summed E-state index contributed by atoms with van der Waals surface area (Å²) in [4.78, 5) is 16.6. The highest BCUT2D eigenvalue weighted by Gasteiger charge is 2.16. The van der Waals surface area contributed by atoms with E-state index in [0.29, 0.717) is 18.2 Å². The van der Waals surface area contributed by atoms with Gasteiger partial charge >= 0.3 is 0 Å². The molecule has 2 aromatic rings. The predicted molar refractivity (Wildman–Crippen MR) is 89.2 cm³/mol. The topological polar surface area (TPSA) is 67.2 Å². The SMILES string of the molecule is O=C(NC1CCCCCC1)c1cncc(NCc2ccco2)c1. The number of anilines is 1. The van der Waals surface area contributed by atoms with Crippen molar-refractivity contribution in [3.05, 3.63) is 48.2 Å². The molecule has 0 bridgehead atoms. The summed E-state index contributed by atoms with van der Waals surface area (Å²) in [5.74, 6) is 0.810. The molecule has 0 saturated heterocycles. The Morgan fingerprint density at radius 2 is 2.04 bits per heavy atom. The summed E-state index contributed by atoms with van der Waals surface area (Å²) in [5.41, 5.74) is 1.41. The first-order chi connectivity index (χ1) is 11.3. The fourth-order valence-corrected chi connectivity index (χ4v) is 2.96. The van der Waals surface area contributed by atoms with Crippen molar-refractivity contribution in [1.82, 2.24) is 10.3 Å². The summed E-state index contributed by atoms with van der Waals surface area (Å²) in [6.45, 7) is 0.572. The third-order valence-corrected chi connectivity index (χ3v) is 4.24. The van der Waals surface area contributed by atoms with Crippen LogP contribution in [0, 0.1) is 0 Å². The fourth-order valence-electron chi connectivity index (χ4n) is 2.96. The lowest BCUT2D eigenvalue weighted by molar-refractivity contribution is 0.0933. The molecule has 1 aliphatic rings. The van der Waals surface area contributed by atoms with Crippen LogP contribution >= 0.6 is 0 Å². The number of carbonyl (C=O) groups is 1. The van der Waals surface area contributed by atoms with Crippen molar-refractivity contribution >= 4 is 11.6 Å². The van der Waals surface area contributed by atoms with Gasteiger partial charge in [0.15, 0.2) is 0 Å². The molecular weight excluding hydrogens is 290 g/mol. The van der Waals surface area contributed by atoms with Crippen molar-refractivity contribution in [2.45, 2.75) is 51.1 Å². The Morgan fingerprint density at radius 1 is 1.22 bits per heavy atom. The largest absolute Gasteiger partial charge is 0.467 e. The third kappa shape index (κ3) is 4.58. The maximum absolute atomic E-state index is 12.4. The minimum atomic E-state index is -0.0361. The smallest absolute Gasteiger partial charge is 0.253 e. The molecule has 1 aliphatic carbocycles. The zero-order valence-corrected chi connectivity index (χ0v) is 13.3. The first-order valence-corrected chi connectivity index (χ1v) is 8.33. The van der Waals surface area contributed by atoms with Crippen molar-refractivity contribution in [1.29, 1.82) is 0 Å². The summed E-state index contributed by atoms with van der Waals surface area (Å²) in [5, 5.41) is 6.37. The van der Waals surface area contributed by atoms with Crippen LogP contribution in [0.1, 0.15) is 54.6 Å². The van der Waals surface area contributed by atoms with E-state index in [1.54, 1.807) is 18.7 Å². The average Bonchev–Trinajstić information content (AvgIpc) is 2.97. The molecule has 1 fully saturated rings. The highest BCUT2D eigenvalue weighted by atomic mass is 16.3. The second-order valence-electron chi connectivity index (χ2n) is 6.06. The fraction of sp³-hybridized carbons (Fsp3) is 0.444. The van der Waals surface area contributed by atoms with E-state index in [1.165, 1.54) is 25.7 Å². The first kappa shape index (κ1) is 15.6. The van der Waals surface area contributed by atoms with Crippen LogP contribution in [0.3, 0.4) is 0 Å². The average molecular weight is 313 g/mol. The van der Waals surface area contributed by atoms with E-state index < -0.39 is 0 Å². The van der Waals surface area contributed by atoms with Gasteiger partial charge in [0.2, 0.25) is 0 Å². The normalized spacial score (nSPS) is 15.8. The molecular formula is C18H23N3O2. The van der Waals surface area contributed by atoms with E-state index in [4.69, 9.17) is 4.42 Å².